The average molecular weight is 376 g/mol. The lowest BCUT2D eigenvalue weighted by Gasteiger charge is -2.26. The maximum absolute atomic E-state index is 13.1. The van der Waals surface area contributed by atoms with E-state index in [1.54, 1.807) is 24.3 Å². The number of Topliss-reactive ketones (excluding diaryl/α,β-unsaturated/α-hetero) is 3. The van der Waals surface area contributed by atoms with Crippen molar-refractivity contribution < 1.29 is 14.4 Å². The van der Waals surface area contributed by atoms with Crippen molar-refractivity contribution in [2.75, 3.05) is 0 Å². The Morgan fingerprint density at radius 2 is 1.32 bits per heavy atom. The molecule has 0 N–H and O–H groups in total. The lowest BCUT2D eigenvalue weighted by molar-refractivity contribution is -0.126. The summed E-state index contributed by atoms with van der Waals surface area (Å²) in [5, 5.41) is 0. The van der Waals surface area contributed by atoms with Gasteiger partial charge in [-0.3, -0.25) is 14.4 Å². The van der Waals surface area contributed by atoms with Crippen LogP contribution in [0.1, 0.15) is 84.7 Å². The molecule has 3 rings (SSSR count). The monoisotopic (exact) mass is 376 g/mol. The summed E-state index contributed by atoms with van der Waals surface area (Å²) in [4.78, 5) is 39.0. The first-order chi connectivity index (χ1) is 13.1. The van der Waals surface area contributed by atoms with Gasteiger partial charge in [-0.1, -0.05) is 83.1 Å². The van der Waals surface area contributed by atoms with Gasteiger partial charge in [-0.2, -0.15) is 0 Å². The van der Waals surface area contributed by atoms with Gasteiger partial charge >= 0.3 is 0 Å². The quantitative estimate of drug-likeness (QED) is 0.639. The van der Waals surface area contributed by atoms with Gasteiger partial charge in [0, 0.05) is 28.9 Å². The number of ketones is 3. The van der Waals surface area contributed by atoms with Crippen molar-refractivity contribution in [3.63, 3.8) is 0 Å². The van der Waals surface area contributed by atoms with E-state index in [1.165, 1.54) is 5.56 Å². The van der Waals surface area contributed by atoms with Crippen LogP contribution in [0.5, 0.6) is 0 Å². The summed E-state index contributed by atoms with van der Waals surface area (Å²) in [5.74, 6) is -1.15. The first-order valence-corrected chi connectivity index (χ1v) is 9.92. The molecule has 28 heavy (non-hydrogen) atoms. The van der Waals surface area contributed by atoms with Crippen molar-refractivity contribution in [1.29, 1.82) is 0 Å². The Morgan fingerprint density at radius 1 is 0.857 bits per heavy atom. The Bertz CT molecular complexity index is 879. The van der Waals surface area contributed by atoms with Crippen LogP contribution >= 0.6 is 0 Å². The van der Waals surface area contributed by atoms with E-state index in [1.807, 2.05) is 45.0 Å². The summed E-state index contributed by atoms with van der Waals surface area (Å²) in [6.45, 7) is 9.87. The zero-order valence-electron chi connectivity index (χ0n) is 17.3. The van der Waals surface area contributed by atoms with Crippen LogP contribution < -0.4 is 0 Å². The van der Waals surface area contributed by atoms with Gasteiger partial charge < -0.3 is 0 Å². The third-order valence-electron chi connectivity index (χ3n) is 5.70. The highest BCUT2D eigenvalue weighted by atomic mass is 16.2. The van der Waals surface area contributed by atoms with Gasteiger partial charge in [-0.05, 0) is 17.0 Å². The molecule has 0 amide bonds. The third-order valence-corrected chi connectivity index (χ3v) is 5.70. The van der Waals surface area contributed by atoms with Crippen LogP contribution in [0, 0.1) is 11.3 Å². The number of fused-ring (bicyclic) bond motifs is 1. The smallest absolute Gasteiger partial charge is 0.175 e. The molecule has 0 fully saturated rings. The van der Waals surface area contributed by atoms with E-state index in [0.29, 0.717) is 17.0 Å². The van der Waals surface area contributed by atoms with E-state index in [-0.39, 0.29) is 23.8 Å². The molecule has 0 bridgehead atoms. The predicted octanol–water partition coefficient (Wildman–Crippen LogP) is 5.59. The highest BCUT2D eigenvalue weighted by Gasteiger charge is 2.45. The second-order valence-corrected chi connectivity index (χ2v) is 9.06. The summed E-state index contributed by atoms with van der Waals surface area (Å²) in [7, 11) is 0. The van der Waals surface area contributed by atoms with Gasteiger partial charge in [0.1, 0.15) is 5.78 Å². The fourth-order valence-corrected chi connectivity index (χ4v) is 3.79. The molecule has 0 unspecified atom stereocenters. The lowest BCUT2D eigenvalue weighted by atomic mass is 9.75. The van der Waals surface area contributed by atoms with Crippen LogP contribution in [0.3, 0.4) is 0 Å². The highest BCUT2D eigenvalue weighted by Crippen LogP contribution is 2.40. The standard InChI is InChI=1S/C25H28O3/c1-15(2)16-10-12-17(13-11-16)20(14-21(26)25(3,4)5)22-23(27)18-8-6-7-9-19(18)24(22)28/h6-13,15,20,22H,14H2,1-5H3/t20-/m0/s1. The Balaban J connectivity index is 2.03. The van der Waals surface area contributed by atoms with Crippen LogP contribution in [-0.2, 0) is 4.79 Å². The Labute approximate surface area is 167 Å². The largest absolute Gasteiger partial charge is 0.299 e. The molecule has 2 aromatic rings. The van der Waals surface area contributed by atoms with Gasteiger partial charge in [0.15, 0.2) is 11.6 Å². The minimum Gasteiger partial charge on any atom is -0.299 e. The van der Waals surface area contributed by atoms with Crippen molar-refractivity contribution in [2.45, 2.75) is 52.9 Å². The topological polar surface area (TPSA) is 51.2 Å². The molecule has 0 aliphatic heterocycles. The van der Waals surface area contributed by atoms with E-state index >= 15 is 0 Å². The summed E-state index contributed by atoms with van der Waals surface area (Å²) in [6.07, 6.45) is 0.181. The van der Waals surface area contributed by atoms with Crippen molar-refractivity contribution >= 4 is 17.3 Å². The normalized spacial score (nSPS) is 15.8. The second-order valence-electron chi connectivity index (χ2n) is 9.06. The zero-order chi connectivity index (χ0) is 20.6. The molecule has 0 radical (unpaired) electrons. The Morgan fingerprint density at radius 3 is 1.75 bits per heavy atom. The van der Waals surface area contributed by atoms with E-state index in [9.17, 15) is 14.4 Å². The second kappa shape index (κ2) is 7.46. The Kier molecular flexibility index (Phi) is 5.38. The molecule has 0 heterocycles. The molecule has 146 valence electrons. The zero-order valence-corrected chi connectivity index (χ0v) is 17.3. The molecule has 1 aliphatic rings. The Hall–Kier alpha value is -2.55. The van der Waals surface area contributed by atoms with Crippen LogP contribution in [0.2, 0.25) is 0 Å². The summed E-state index contributed by atoms with van der Waals surface area (Å²) < 4.78 is 0. The molecule has 0 aromatic heterocycles. The van der Waals surface area contributed by atoms with Crippen LogP contribution in [0.15, 0.2) is 48.5 Å². The van der Waals surface area contributed by atoms with Crippen molar-refractivity contribution in [3.8, 4) is 0 Å². The van der Waals surface area contributed by atoms with Gasteiger partial charge in [0.25, 0.3) is 0 Å². The highest BCUT2D eigenvalue weighted by molar-refractivity contribution is 6.27. The molecule has 0 spiro atoms. The molecule has 3 heteroatoms. The van der Waals surface area contributed by atoms with Gasteiger partial charge in [-0.25, -0.2) is 0 Å². The summed E-state index contributed by atoms with van der Waals surface area (Å²) >= 11 is 0. The van der Waals surface area contributed by atoms with Crippen molar-refractivity contribution in [3.05, 3.63) is 70.8 Å². The summed E-state index contributed by atoms with van der Waals surface area (Å²) in [5.41, 5.74) is 2.50. The number of hydrogen-bond acceptors (Lipinski definition) is 3. The van der Waals surface area contributed by atoms with E-state index < -0.39 is 17.3 Å². The first kappa shape index (κ1) is 20.2. The van der Waals surface area contributed by atoms with Crippen molar-refractivity contribution in [2.24, 2.45) is 11.3 Å². The maximum Gasteiger partial charge on any atom is 0.175 e. The molecule has 0 saturated carbocycles. The number of carbonyl (C=O) groups is 3. The number of hydrogen-bond donors (Lipinski definition) is 0. The third kappa shape index (κ3) is 3.71. The first-order valence-electron chi connectivity index (χ1n) is 9.92. The lowest BCUT2D eigenvalue weighted by Crippen LogP contribution is -2.30. The van der Waals surface area contributed by atoms with Gasteiger partial charge in [0.2, 0.25) is 0 Å². The molecule has 2 aromatic carbocycles. The predicted molar refractivity (Wildman–Crippen MR) is 111 cm³/mol. The molecule has 0 saturated heterocycles. The fraction of sp³-hybridized carbons (Fsp3) is 0.400. The SMILES string of the molecule is CC(C)c1ccc([C@H](CC(=O)C(C)(C)C)C2C(=O)c3ccccc3C2=O)cc1. The molecular weight excluding hydrogens is 348 g/mol. The van der Waals surface area contributed by atoms with Crippen LogP contribution in [-0.4, -0.2) is 17.3 Å². The number of benzene rings is 2. The number of rotatable bonds is 5. The molecule has 1 aliphatic carbocycles. The maximum atomic E-state index is 13.1. The van der Waals surface area contributed by atoms with E-state index in [4.69, 9.17) is 0 Å². The van der Waals surface area contributed by atoms with E-state index in [0.717, 1.165) is 5.56 Å². The van der Waals surface area contributed by atoms with Crippen molar-refractivity contribution in [1.82, 2.24) is 0 Å². The average Bonchev–Trinajstić information content (AvgIpc) is 2.90. The summed E-state index contributed by atoms with van der Waals surface area (Å²) in [6, 6.07) is 15.0. The van der Waals surface area contributed by atoms with Gasteiger partial charge in [0.05, 0.1) is 5.92 Å². The molecule has 3 nitrogen and oxygen atoms in total. The molecular formula is C25H28O3. The minimum atomic E-state index is -0.825. The minimum absolute atomic E-state index is 0.0574. The molecule has 1 atom stereocenters. The number of carbonyl (C=O) groups excluding carboxylic acids is 3. The van der Waals surface area contributed by atoms with E-state index in [2.05, 4.69) is 13.8 Å². The van der Waals surface area contributed by atoms with Gasteiger partial charge in [-0.15, -0.1) is 0 Å². The fourth-order valence-electron chi connectivity index (χ4n) is 3.79. The van der Waals surface area contributed by atoms with Crippen LogP contribution in [0.25, 0.3) is 0 Å². The van der Waals surface area contributed by atoms with Crippen LogP contribution in [0.4, 0.5) is 0 Å².